The largest absolute Gasteiger partial charge is 0.435 e. The average Bonchev–Trinajstić information content (AvgIpc) is 2.31. The normalized spacial score (nSPS) is 36.0. The van der Waals surface area contributed by atoms with Crippen LogP contribution in [0.25, 0.3) is 0 Å². The van der Waals surface area contributed by atoms with Gasteiger partial charge in [0.1, 0.15) is 18.3 Å². The fraction of sp³-hybridized carbons (Fsp3) is 0.923. The van der Waals surface area contributed by atoms with Crippen LogP contribution in [-0.2, 0) is 14.3 Å². The highest BCUT2D eigenvalue weighted by atomic mass is 16.7. The molecule has 0 aromatic heterocycles. The Kier molecular flexibility index (Phi) is 5.73. The number of carbonyl (C=O) groups excluding carboxylic acids is 1. The SMILES string of the molecule is CC(C)(C)CCCC1OC(OC=O)C(O)C(O)C1O. The van der Waals surface area contributed by atoms with Crippen molar-refractivity contribution in [2.45, 2.75) is 70.7 Å². The topological polar surface area (TPSA) is 96.2 Å². The van der Waals surface area contributed by atoms with Crippen molar-refractivity contribution in [3.63, 3.8) is 0 Å². The van der Waals surface area contributed by atoms with Crippen molar-refractivity contribution < 1.29 is 29.6 Å². The molecule has 0 radical (unpaired) electrons. The highest BCUT2D eigenvalue weighted by molar-refractivity contribution is 5.37. The lowest BCUT2D eigenvalue weighted by molar-refractivity contribution is -0.285. The Bertz CT molecular complexity index is 287. The molecule has 0 aromatic carbocycles. The summed E-state index contributed by atoms with van der Waals surface area (Å²) < 4.78 is 9.89. The number of hydrogen-bond acceptors (Lipinski definition) is 6. The summed E-state index contributed by atoms with van der Waals surface area (Å²) in [6, 6.07) is 0. The van der Waals surface area contributed by atoms with Gasteiger partial charge in [0, 0.05) is 0 Å². The van der Waals surface area contributed by atoms with Crippen LogP contribution in [0, 0.1) is 5.41 Å². The lowest BCUT2D eigenvalue weighted by Crippen LogP contribution is -2.58. The minimum absolute atomic E-state index is 0.157. The Labute approximate surface area is 113 Å². The second-order valence-corrected chi connectivity index (χ2v) is 6.20. The molecule has 1 rings (SSSR count). The van der Waals surface area contributed by atoms with Crippen molar-refractivity contribution in [2.24, 2.45) is 5.41 Å². The maximum Gasteiger partial charge on any atom is 0.295 e. The predicted octanol–water partition coefficient (Wildman–Crippen LogP) is 0.183. The van der Waals surface area contributed by atoms with Crippen molar-refractivity contribution >= 4 is 6.47 Å². The number of carbonyl (C=O) groups is 1. The molecule has 0 amide bonds. The lowest BCUT2D eigenvalue weighted by Gasteiger charge is -2.39. The van der Waals surface area contributed by atoms with Crippen LogP contribution in [-0.4, -0.2) is 52.5 Å². The summed E-state index contributed by atoms with van der Waals surface area (Å²) in [5.74, 6) is 0. The fourth-order valence-corrected chi connectivity index (χ4v) is 2.16. The third-order valence-corrected chi connectivity index (χ3v) is 3.27. The number of hydrogen-bond donors (Lipinski definition) is 3. The molecule has 1 heterocycles. The van der Waals surface area contributed by atoms with Crippen molar-refractivity contribution in [1.82, 2.24) is 0 Å². The van der Waals surface area contributed by atoms with Crippen LogP contribution in [0.3, 0.4) is 0 Å². The van der Waals surface area contributed by atoms with Crippen LogP contribution in [0.1, 0.15) is 40.0 Å². The summed E-state index contributed by atoms with van der Waals surface area (Å²) in [7, 11) is 0. The summed E-state index contributed by atoms with van der Waals surface area (Å²) in [6.07, 6.45) is -3.58. The smallest absolute Gasteiger partial charge is 0.295 e. The molecule has 5 unspecified atom stereocenters. The van der Waals surface area contributed by atoms with E-state index in [-0.39, 0.29) is 11.9 Å². The molecule has 1 fully saturated rings. The van der Waals surface area contributed by atoms with Gasteiger partial charge in [-0.15, -0.1) is 0 Å². The third kappa shape index (κ3) is 4.72. The number of rotatable bonds is 5. The first-order valence-corrected chi connectivity index (χ1v) is 6.55. The molecule has 6 nitrogen and oxygen atoms in total. The van der Waals surface area contributed by atoms with Gasteiger partial charge in [0.2, 0.25) is 6.29 Å². The molecular formula is C13H24O6. The molecule has 0 bridgehead atoms. The zero-order valence-electron chi connectivity index (χ0n) is 11.7. The Morgan fingerprint density at radius 1 is 1.16 bits per heavy atom. The Morgan fingerprint density at radius 3 is 2.32 bits per heavy atom. The standard InChI is InChI=1S/C13H24O6/c1-13(2,3)6-4-5-8-9(15)10(16)11(17)12(19-8)18-7-14/h7-12,15-17H,4-6H2,1-3H3. The molecule has 6 heteroatoms. The van der Waals surface area contributed by atoms with E-state index in [0.717, 1.165) is 12.8 Å². The maximum absolute atomic E-state index is 10.3. The van der Waals surface area contributed by atoms with Crippen LogP contribution < -0.4 is 0 Å². The molecule has 1 aliphatic heterocycles. The van der Waals surface area contributed by atoms with Crippen molar-refractivity contribution in [3.05, 3.63) is 0 Å². The van der Waals surface area contributed by atoms with Gasteiger partial charge in [-0.05, 0) is 18.3 Å². The Morgan fingerprint density at radius 2 is 1.79 bits per heavy atom. The Hall–Kier alpha value is -0.690. The van der Waals surface area contributed by atoms with E-state index < -0.39 is 30.7 Å². The first kappa shape index (κ1) is 16.4. The summed E-state index contributed by atoms with van der Waals surface area (Å²) in [5.41, 5.74) is 0.177. The zero-order valence-corrected chi connectivity index (χ0v) is 11.7. The summed E-state index contributed by atoms with van der Waals surface area (Å²) >= 11 is 0. The van der Waals surface area contributed by atoms with Gasteiger partial charge in [-0.1, -0.05) is 27.2 Å². The molecule has 0 saturated carbocycles. The van der Waals surface area contributed by atoms with E-state index in [1.165, 1.54) is 0 Å². The molecule has 5 atom stereocenters. The van der Waals surface area contributed by atoms with E-state index in [1.807, 2.05) is 0 Å². The molecule has 0 spiro atoms. The second kappa shape index (κ2) is 6.65. The van der Waals surface area contributed by atoms with Crippen LogP contribution in [0.4, 0.5) is 0 Å². The molecule has 3 N–H and O–H groups in total. The van der Waals surface area contributed by atoms with Crippen molar-refractivity contribution in [2.75, 3.05) is 0 Å². The van der Waals surface area contributed by atoms with Crippen LogP contribution in [0.15, 0.2) is 0 Å². The van der Waals surface area contributed by atoms with Gasteiger partial charge in [-0.2, -0.15) is 0 Å². The third-order valence-electron chi connectivity index (χ3n) is 3.27. The second-order valence-electron chi connectivity index (χ2n) is 6.20. The first-order valence-electron chi connectivity index (χ1n) is 6.55. The van der Waals surface area contributed by atoms with E-state index in [4.69, 9.17) is 4.74 Å². The Balaban J connectivity index is 2.54. The molecule has 1 aliphatic rings. The molecule has 0 aliphatic carbocycles. The molecular weight excluding hydrogens is 252 g/mol. The van der Waals surface area contributed by atoms with E-state index in [0.29, 0.717) is 6.42 Å². The van der Waals surface area contributed by atoms with Crippen molar-refractivity contribution in [3.8, 4) is 0 Å². The van der Waals surface area contributed by atoms with Gasteiger partial charge < -0.3 is 24.8 Å². The minimum Gasteiger partial charge on any atom is -0.435 e. The van der Waals surface area contributed by atoms with E-state index in [9.17, 15) is 20.1 Å². The van der Waals surface area contributed by atoms with Gasteiger partial charge in [0.25, 0.3) is 6.47 Å². The maximum atomic E-state index is 10.3. The number of aliphatic hydroxyl groups excluding tert-OH is 3. The molecule has 19 heavy (non-hydrogen) atoms. The lowest BCUT2D eigenvalue weighted by atomic mass is 9.87. The summed E-state index contributed by atoms with van der Waals surface area (Å²) in [5, 5.41) is 29.1. The van der Waals surface area contributed by atoms with Crippen LogP contribution in [0.5, 0.6) is 0 Å². The minimum atomic E-state index is -1.43. The fourth-order valence-electron chi connectivity index (χ4n) is 2.16. The number of aliphatic hydroxyl groups is 3. The van der Waals surface area contributed by atoms with E-state index in [1.54, 1.807) is 0 Å². The average molecular weight is 276 g/mol. The zero-order chi connectivity index (χ0) is 14.6. The van der Waals surface area contributed by atoms with Gasteiger partial charge in [-0.3, -0.25) is 4.79 Å². The van der Waals surface area contributed by atoms with Crippen LogP contribution >= 0.6 is 0 Å². The van der Waals surface area contributed by atoms with Crippen LogP contribution in [0.2, 0.25) is 0 Å². The monoisotopic (exact) mass is 276 g/mol. The number of ether oxygens (including phenoxy) is 2. The highest BCUT2D eigenvalue weighted by Gasteiger charge is 2.44. The van der Waals surface area contributed by atoms with Gasteiger partial charge in [0.05, 0.1) is 6.10 Å². The van der Waals surface area contributed by atoms with E-state index in [2.05, 4.69) is 25.5 Å². The summed E-state index contributed by atoms with van der Waals surface area (Å²) in [4.78, 5) is 10.3. The van der Waals surface area contributed by atoms with Gasteiger partial charge in [0.15, 0.2) is 0 Å². The highest BCUT2D eigenvalue weighted by Crippen LogP contribution is 2.28. The quantitative estimate of drug-likeness (QED) is 0.620. The van der Waals surface area contributed by atoms with E-state index >= 15 is 0 Å². The van der Waals surface area contributed by atoms with Gasteiger partial charge in [-0.25, -0.2) is 0 Å². The molecule has 0 aromatic rings. The molecule has 1 saturated heterocycles. The first-order chi connectivity index (χ1) is 8.76. The molecule has 112 valence electrons. The summed E-state index contributed by atoms with van der Waals surface area (Å²) in [6.45, 7) is 6.50. The van der Waals surface area contributed by atoms with Crippen molar-refractivity contribution in [1.29, 1.82) is 0 Å². The predicted molar refractivity (Wildman–Crippen MR) is 67.1 cm³/mol. The van der Waals surface area contributed by atoms with Gasteiger partial charge >= 0.3 is 0 Å².